The molecule has 0 aliphatic rings. The first-order valence-electron chi connectivity index (χ1n) is 6.59. The molecule has 0 atom stereocenters. The molecule has 2 rings (SSSR count). The van der Waals surface area contributed by atoms with Crippen molar-refractivity contribution in [2.75, 3.05) is 10.6 Å². The summed E-state index contributed by atoms with van der Waals surface area (Å²) in [5.41, 5.74) is 2.42. The summed E-state index contributed by atoms with van der Waals surface area (Å²) in [6, 6.07) is 16.8. The first kappa shape index (κ1) is 15.8. The third-order valence-electron chi connectivity index (χ3n) is 2.97. The summed E-state index contributed by atoms with van der Waals surface area (Å²) in [6.45, 7) is 1.89. The van der Waals surface area contributed by atoms with Crippen LogP contribution in [0.5, 0.6) is 0 Å². The Morgan fingerprint density at radius 2 is 2.00 bits per heavy atom. The fraction of sp³-hybridized carbons (Fsp3) is 0.0588. The van der Waals surface area contributed by atoms with Gasteiger partial charge in [-0.2, -0.15) is 5.26 Å². The number of benzene rings is 2. The van der Waals surface area contributed by atoms with Gasteiger partial charge >= 0.3 is 0 Å². The molecule has 2 aromatic carbocycles. The lowest BCUT2D eigenvalue weighted by Crippen LogP contribution is -2.15. The van der Waals surface area contributed by atoms with Gasteiger partial charge in [0.05, 0.1) is 0 Å². The number of nitriles is 1. The van der Waals surface area contributed by atoms with Crippen LogP contribution in [0.2, 0.25) is 0 Å². The zero-order chi connectivity index (χ0) is 15.9. The first-order valence-corrected chi connectivity index (χ1v) is 7.39. The van der Waals surface area contributed by atoms with Gasteiger partial charge in [0.1, 0.15) is 11.6 Å². The van der Waals surface area contributed by atoms with Crippen molar-refractivity contribution in [3.05, 3.63) is 70.3 Å². The number of hydrogen-bond acceptors (Lipinski definition) is 3. The van der Waals surface area contributed by atoms with Crippen LogP contribution in [-0.4, -0.2) is 5.91 Å². The maximum Gasteiger partial charge on any atom is 0.267 e. The fourth-order valence-corrected chi connectivity index (χ4v) is 2.18. The van der Waals surface area contributed by atoms with E-state index in [1.165, 1.54) is 6.20 Å². The number of aryl methyl sites for hydroxylation is 1. The molecule has 5 heteroatoms. The molecule has 0 spiro atoms. The van der Waals surface area contributed by atoms with Crippen LogP contribution in [0.1, 0.15) is 5.56 Å². The van der Waals surface area contributed by atoms with E-state index in [1.54, 1.807) is 6.07 Å². The van der Waals surface area contributed by atoms with E-state index in [0.717, 1.165) is 15.7 Å². The highest BCUT2D eigenvalue weighted by atomic mass is 79.9. The lowest BCUT2D eigenvalue weighted by atomic mass is 10.2. The van der Waals surface area contributed by atoms with Gasteiger partial charge in [-0.3, -0.25) is 4.79 Å². The number of halogens is 1. The first-order chi connectivity index (χ1) is 10.6. The summed E-state index contributed by atoms with van der Waals surface area (Å²) in [5, 5.41) is 14.8. The molecule has 0 unspecified atom stereocenters. The highest BCUT2D eigenvalue weighted by Gasteiger charge is 2.10. The molecule has 1 amide bonds. The zero-order valence-corrected chi connectivity index (χ0v) is 13.5. The molecule has 0 fully saturated rings. The fourth-order valence-electron chi connectivity index (χ4n) is 1.79. The quantitative estimate of drug-likeness (QED) is 0.637. The van der Waals surface area contributed by atoms with Crippen molar-refractivity contribution < 1.29 is 4.79 Å². The summed E-state index contributed by atoms with van der Waals surface area (Å²) < 4.78 is 0.911. The maximum atomic E-state index is 12.1. The number of anilines is 2. The van der Waals surface area contributed by atoms with E-state index in [4.69, 9.17) is 5.26 Å². The number of rotatable bonds is 4. The Morgan fingerprint density at radius 3 is 2.68 bits per heavy atom. The molecule has 0 saturated heterocycles. The third-order valence-corrected chi connectivity index (χ3v) is 3.46. The van der Waals surface area contributed by atoms with Gasteiger partial charge in [0.2, 0.25) is 0 Å². The Kier molecular flexibility index (Phi) is 5.34. The molecule has 0 radical (unpaired) electrons. The topological polar surface area (TPSA) is 64.9 Å². The average Bonchev–Trinajstić information content (AvgIpc) is 2.50. The minimum Gasteiger partial charge on any atom is -0.360 e. The molecule has 4 nitrogen and oxygen atoms in total. The predicted octanol–water partition coefficient (Wildman–Crippen LogP) is 4.22. The van der Waals surface area contributed by atoms with Crippen molar-refractivity contribution in [2.45, 2.75) is 6.92 Å². The molecule has 0 aromatic heterocycles. The minimum absolute atomic E-state index is 0.00299. The van der Waals surface area contributed by atoms with Crippen LogP contribution in [0.25, 0.3) is 0 Å². The number of nitrogens with zero attached hydrogens (tertiary/aromatic N) is 1. The van der Waals surface area contributed by atoms with Crippen molar-refractivity contribution in [3.63, 3.8) is 0 Å². The van der Waals surface area contributed by atoms with Crippen LogP contribution in [0.15, 0.2) is 64.8 Å². The summed E-state index contributed by atoms with van der Waals surface area (Å²) in [5.74, 6) is -0.445. The number of amides is 1. The SMILES string of the molecule is Cc1ccccc1NC(=O)/C(C#N)=C\Nc1cccc(Br)c1. The van der Waals surface area contributed by atoms with E-state index in [-0.39, 0.29) is 5.57 Å². The van der Waals surface area contributed by atoms with Crippen molar-refractivity contribution in [1.82, 2.24) is 0 Å². The number of carbonyl (C=O) groups excluding carboxylic acids is 1. The second-order valence-electron chi connectivity index (χ2n) is 4.59. The second kappa shape index (κ2) is 7.43. The number of nitrogens with one attached hydrogen (secondary N) is 2. The summed E-state index contributed by atoms with van der Waals surface area (Å²) in [4.78, 5) is 12.1. The van der Waals surface area contributed by atoms with Gasteiger partial charge < -0.3 is 10.6 Å². The molecule has 2 aromatic rings. The Labute approximate surface area is 137 Å². The second-order valence-corrected chi connectivity index (χ2v) is 5.51. The van der Waals surface area contributed by atoms with Crippen LogP contribution in [0.3, 0.4) is 0 Å². The summed E-state index contributed by atoms with van der Waals surface area (Å²) in [7, 11) is 0. The van der Waals surface area contributed by atoms with Crippen LogP contribution < -0.4 is 10.6 Å². The van der Waals surface area contributed by atoms with E-state index >= 15 is 0 Å². The van der Waals surface area contributed by atoms with Gasteiger partial charge in [0.15, 0.2) is 0 Å². The van der Waals surface area contributed by atoms with E-state index in [1.807, 2.05) is 55.5 Å². The molecule has 0 saturated carbocycles. The maximum absolute atomic E-state index is 12.1. The molecule has 0 heterocycles. The van der Waals surface area contributed by atoms with Gasteiger partial charge in [-0.25, -0.2) is 0 Å². The Balaban J connectivity index is 2.11. The molecule has 0 bridgehead atoms. The molecular weight excluding hydrogens is 342 g/mol. The lowest BCUT2D eigenvalue weighted by Gasteiger charge is -2.07. The third kappa shape index (κ3) is 4.21. The molecule has 0 aliphatic carbocycles. The summed E-state index contributed by atoms with van der Waals surface area (Å²) >= 11 is 3.36. The smallest absolute Gasteiger partial charge is 0.267 e. The van der Waals surface area contributed by atoms with Crippen LogP contribution >= 0.6 is 15.9 Å². The van der Waals surface area contributed by atoms with E-state index in [2.05, 4.69) is 26.6 Å². The Bertz CT molecular complexity index is 762. The molecule has 110 valence electrons. The van der Waals surface area contributed by atoms with Gasteiger partial charge in [-0.15, -0.1) is 0 Å². The normalized spacial score (nSPS) is 10.7. The van der Waals surface area contributed by atoms with Gasteiger partial charge in [-0.05, 0) is 36.8 Å². The highest BCUT2D eigenvalue weighted by molar-refractivity contribution is 9.10. The Hall–Kier alpha value is -2.58. The molecular formula is C17H14BrN3O. The van der Waals surface area contributed by atoms with Crippen molar-refractivity contribution in [3.8, 4) is 6.07 Å². The highest BCUT2D eigenvalue weighted by Crippen LogP contribution is 2.17. The summed E-state index contributed by atoms with van der Waals surface area (Å²) in [6.07, 6.45) is 1.40. The predicted molar refractivity (Wildman–Crippen MR) is 91.3 cm³/mol. The van der Waals surface area contributed by atoms with Crippen LogP contribution in [0.4, 0.5) is 11.4 Å². The van der Waals surface area contributed by atoms with Gasteiger partial charge in [-0.1, -0.05) is 40.2 Å². The Morgan fingerprint density at radius 1 is 1.23 bits per heavy atom. The number of para-hydroxylation sites is 1. The van der Waals surface area contributed by atoms with Crippen molar-refractivity contribution in [2.24, 2.45) is 0 Å². The van der Waals surface area contributed by atoms with E-state index in [9.17, 15) is 4.79 Å². The van der Waals surface area contributed by atoms with Crippen LogP contribution in [-0.2, 0) is 4.79 Å². The zero-order valence-electron chi connectivity index (χ0n) is 11.9. The van der Waals surface area contributed by atoms with E-state index < -0.39 is 5.91 Å². The number of carbonyl (C=O) groups is 1. The van der Waals surface area contributed by atoms with Crippen molar-refractivity contribution >= 4 is 33.2 Å². The molecule has 0 aliphatic heterocycles. The number of hydrogen-bond donors (Lipinski definition) is 2. The molecule has 22 heavy (non-hydrogen) atoms. The lowest BCUT2D eigenvalue weighted by molar-refractivity contribution is -0.112. The van der Waals surface area contributed by atoms with E-state index in [0.29, 0.717) is 5.69 Å². The average molecular weight is 356 g/mol. The standard InChI is InChI=1S/C17H14BrN3O/c1-12-5-2-3-8-16(12)21-17(22)13(10-19)11-20-15-7-4-6-14(18)9-15/h2-9,11,20H,1H3,(H,21,22)/b13-11-. The minimum atomic E-state index is -0.445. The largest absolute Gasteiger partial charge is 0.360 e. The van der Waals surface area contributed by atoms with Crippen molar-refractivity contribution in [1.29, 1.82) is 5.26 Å². The molecule has 2 N–H and O–H groups in total. The van der Waals surface area contributed by atoms with Gasteiger partial charge in [0, 0.05) is 22.0 Å². The van der Waals surface area contributed by atoms with Crippen LogP contribution in [0, 0.1) is 18.3 Å². The monoisotopic (exact) mass is 355 g/mol. The van der Waals surface area contributed by atoms with Gasteiger partial charge in [0.25, 0.3) is 5.91 Å².